The predicted molar refractivity (Wildman–Crippen MR) is 106 cm³/mol. The molecular weight excluding hydrogens is 340 g/mol. The fraction of sp³-hybridized carbons (Fsp3) is 0.200. The van der Waals surface area contributed by atoms with Crippen LogP contribution in [-0.2, 0) is 4.79 Å². The van der Waals surface area contributed by atoms with E-state index in [1.54, 1.807) is 10.8 Å². The second-order valence-corrected chi connectivity index (χ2v) is 6.08. The zero-order valence-corrected chi connectivity index (χ0v) is 15.4. The van der Waals surface area contributed by atoms with Crippen LogP contribution < -0.4 is 10.6 Å². The summed E-state index contributed by atoms with van der Waals surface area (Å²) in [7, 11) is 0. The van der Waals surface area contributed by atoms with E-state index in [0.29, 0.717) is 24.7 Å². The molecule has 0 unspecified atom stereocenters. The topological polar surface area (TPSA) is 84.7 Å². The quantitative estimate of drug-likeness (QED) is 0.498. The van der Waals surface area contributed by atoms with Crippen LogP contribution in [0.3, 0.4) is 0 Å². The highest BCUT2D eigenvalue weighted by atomic mass is 16.1. The minimum absolute atomic E-state index is 0.133. The first-order chi connectivity index (χ1) is 13.1. The third kappa shape index (κ3) is 5.24. The zero-order valence-electron chi connectivity index (χ0n) is 15.4. The van der Waals surface area contributed by atoms with Crippen molar-refractivity contribution in [1.82, 2.24) is 25.3 Å². The molecule has 0 aliphatic heterocycles. The molecule has 0 radical (unpaired) electrons. The number of rotatable bonds is 7. The molecule has 2 heterocycles. The van der Waals surface area contributed by atoms with E-state index >= 15 is 0 Å². The first kappa shape index (κ1) is 18.3. The number of anilines is 1. The molecule has 1 aromatic carbocycles. The molecule has 3 aromatic rings. The van der Waals surface area contributed by atoms with Crippen molar-refractivity contribution < 1.29 is 4.79 Å². The van der Waals surface area contributed by atoms with E-state index in [9.17, 15) is 4.79 Å². The van der Waals surface area contributed by atoms with Gasteiger partial charge < -0.3 is 10.6 Å². The molecule has 0 aliphatic rings. The van der Waals surface area contributed by atoms with Crippen molar-refractivity contribution in [2.75, 3.05) is 18.4 Å². The van der Waals surface area contributed by atoms with Crippen LogP contribution in [0.15, 0.2) is 54.6 Å². The Bertz CT molecular complexity index is 915. The van der Waals surface area contributed by atoms with E-state index in [1.807, 2.05) is 62.4 Å². The third-order valence-corrected chi connectivity index (χ3v) is 3.83. The van der Waals surface area contributed by atoms with Crippen molar-refractivity contribution in [3.05, 3.63) is 71.6 Å². The molecule has 0 atom stereocenters. The Balaban J connectivity index is 1.43. The van der Waals surface area contributed by atoms with Gasteiger partial charge in [-0.3, -0.25) is 4.79 Å². The Labute approximate surface area is 158 Å². The van der Waals surface area contributed by atoms with Gasteiger partial charge in [-0.15, -0.1) is 10.2 Å². The van der Waals surface area contributed by atoms with Gasteiger partial charge in [-0.25, -0.2) is 4.68 Å². The maximum atomic E-state index is 11.8. The zero-order chi connectivity index (χ0) is 19.1. The summed E-state index contributed by atoms with van der Waals surface area (Å²) >= 11 is 0. The van der Waals surface area contributed by atoms with E-state index in [4.69, 9.17) is 0 Å². The van der Waals surface area contributed by atoms with E-state index in [1.165, 1.54) is 6.08 Å². The summed E-state index contributed by atoms with van der Waals surface area (Å²) in [6, 6.07) is 15.4. The molecule has 0 saturated carbocycles. The molecule has 0 spiro atoms. The van der Waals surface area contributed by atoms with Gasteiger partial charge in [0.2, 0.25) is 5.91 Å². The monoisotopic (exact) mass is 362 g/mol. The fourth-order valence-electron chi connectivity index (χ4n) is 2.56. The lowest BCUT2D eigenvalue weighted by Gasteiger charge is -2.07. The summed E-state index contributed by atoms with van der Waals surface area (Å²) in [5.74, 6) is 1.19. The number of aromatic nitrogens is 4. The molecule has 0 aliphatic carbocycles. The number of hydrogen-bond donors (Lipinski definition) is 2. The highest BCUT2D eigenvalue weighted by Gasteiger charge is 2.05. The van der Waals surface area contributed by atoms with E-state index in [2.05, 4.69) is 25.9 Å². The van der Waals surface area contributed by atoms with Crippen molar-refractivity contribution >= 4 is 17.8 Å². The summed E-state index contributed by atoms with van der Waals surface area (Å²) in [4.78, 5) is 11.8. The molecule has 0 saturated heterocycles. The van der Waals surface area contributed by atoms with Crippen LogP contribution in [0.4, 0.5) is 5.82 Å². The fourth-order valence-corrected chi connectivity index (χ4v) is 2.56. The minimum Gasteiger partial charge on any atom is -0.367 e. The average Bonchev–Trinajstić information content (AvgIpc) is 3.03. The van der Waals surface area contributed by atoms with Crippen molar-refractivity contribution in [3.63, 3.8) is 0 Å². The Morgan fingerprint density at radius 1 is 1.07 bits per heavy atom. The number of nitrogens with zero attached hydrogens (tertiary/aromatic N) is 4. The number of carbonyl (C=O) groups is 1. The van der Waals surface area contributed by atoms with Crippen molar-refractivity contribution in [1.29, 1.82) is 0 Å². The first-order valence-electron chi connectivity index (χ1n) is 8.74. The van der Waals surface area contributed by atoms with Crippen LogP contribution >= 0.6 is 0 Å². The summed E-state index contributed by atoms with van der Waals surface area (Å²) in [5, 5.41) is 18.7. The lowest BCUT2D eigenvalue weighted by atomic mass is 10.2. The molecule has 138 valence electrons. The molecule has 3 rings (SSSR count). The van der Waals surface area contributed by atoms with Gasteiger partial charge >= 0.3 is 0 Å². The van der Waals surface area contributed by atoms with Crippen LogP contribution in [-0.4, -0.2) is 39.0 Å². The Hall–Kier alpha value is -3.48. The number of nitrogens with one attached hydrogen (secondary N) is 2. The Morgan fingerprint density at radius 2 is 1.89 bits per heavy atom. The van der Waals surface area contributed by atoms with E-state index in [0.717, 1.165) is 17.0 Å². The molecular formula is C20H22N6O. The summed E-state index contributed by atoms with van der Waals surface area (Å²) in [5.41, 5.74) is 2.94. The second-order valence-electron chi connectivity index (χ2n) is 6.08. The molecule has 2 aromatic heterocycles. The minimum atomic E-state index is -0.133. The lowest BCUT2D eigenvalue weighted by molar-refractivity contribution is -0.116. The largest absolute Gasteiger partial charge is 0.367 e. The molecule has 7 nitrogen and oxygen atoms in total. The summed E-state index contributed by atoms with van der Waals surface area (Å²) in [6.45, 7) is 4.96. The molecule has 0 bridgehead atoms. The van der Waals surface area contributed by atoms with Crippen LogP contribution in [0, 0.1) is 13.8 Å². The van der Waals surface area contributed by atoms with Gasteiger partial charge in [0.25, 0.3) is 0 Å². The number of carbonyl (C=O) groups excluding carboxylic acids is 1. The van der Waals surface area contributed by atoms with Crippen molar-refractivity contribution in [3.8, 4) is 5.82 Å². The SMILES string of the molecule is Cc1cc(C)n(-c2ccc(NCCNC(=O)C=Cc3ccccc3)nn2)n1. The maximum Gasteiger partial charge on any atom is 0.244 e. The molecule has 0 fully saturated rings. The number of hydrogen-bond acceptors (Lipinski definition) is 5. The second kappa shape index (κ2) is 8.75. The standard InChI is InChI=1S/C20H22N6O/c1-15-14-16(2)26(25-15)19-10-9-18(23-24-19)21-12-13-22-20(27)11-8-17-6-4-3-5-7-17/h3-11,14H,12-13H2,1-2H3,(H,21,23)(H,22,27). The van der Waals surface area contributed by atoms with Gasteiger partial charge in [0.15, 0.2) is 5.82 Å². The summed E-state index contributed by atoms with van der Waals surface area (Å²) in [6.07, 6.45) is 3.31. The van der Waals surface area contributed by atoms with E-state index < -0.39 is 0 Å². The first-order valence-corrected chi connectivity index (χ1v) is 8.74. The predicted octanol–water partition coefficient (Wildman–Crippen LogP) is 2.52. The number of aryl methyl sites for hydroxylation is 2. The van der Waals surface area contributed by atoms with Crippen LogP contribution in [0.5, 0.6) is 0 Å². The normalized spacial score (nSPS) is 10.9. The molecule has 7 heteroatoms. The average molecular weight is 362 g/mol. The molecule has 2 N–H and O–H groups in total. The van der Waals surface area contributed by atoms with Crippen LogP contribution in [0.1, 0.15) is 17.0 Å². The Kier molecular flexibility index (Phi) is 5.94. The van der Waals surface area contributed by atoms with Gasteiger partial charge in [-0.2, -0.15) is 5.10 Å². The Morgan fingerprint density at radius 3 is 2.56 bits per heavy atom. The highest BCUT2D eigenvalue weighted by Crippen LogP contribution is 2.10. The van der Waals surface area contributed by atoms with Crippen molar-refractivity contribution in [2.45, 2.75) is 13.8 Å². The van der Waals surface area contributed by atoms with Gasteiger partial charge in [-0.05, 0) is 43.7 Å². The van der Waals surface area contributed by atoms with Gasteiger partial charge in [0.1, 0.15) is 5.82 Å². The lowest BCUT2D eigenvalue weighted by Crippen LogP contribution is -2.27. The number of benzene rings is 1. The van der Waals surface area contributed by atoms with Crippen LogP contribution in [0.25, 0.3) is 11.9 Å². The van der Waals surface area contributed by atoms with E-state index in [-0.39, 0.29) is 5.91 Å². The van der Waals surface area contributed by atoms with Crippen molar-refractivity contribution in [2.24, 2.45) is 0 Å². The molecule has 27 heavy (non-hydrogen) atoms. The maximum absolute atomic E-state index is 11.8. The summed E-state index contributed by atoms with van der Waals surface area (Å²) < 4.78 is 1.76. The molecule has 1 amide bonds. The smallest absolute Gasteiger partial charge is 0.244 e. The third-order valence-electron chi connectivity index (χ3n) is 3.83. The van der Waals surface area contributed by atoms with Gasteiger partial charge in [0, 0.05) is 24.9 Å². The van der Waals surface area contributed by atoms with Gasteiger partial charge in [0.05, 0.1) is 5.69 Å². The van der Waals surface area contributed by atoms with Crippen LogP contribution in [0.2, 0.25) is 0 Å². The highest BCUT2D eigenvalue weighted by molar-refractivity contribution is 5.91. The number of amides is 1. The van der Waals surface area contributed by atoms with Gasteiger partial charge in [-0.1, -0.05) is 30.3 Å².